The maximum Gasteiger partial charge on any atom is 0.417 e. The number of amides is 2. The fourth-order valence-electron chi connectivity index (χ4n) is 5.13. The summed E-state index contributed by atoms with van der Waals surface area (Å²) in [6, 6.07) is 9.02. The molecule has 2 saturated heterocycles. The van der Waals surface area contributed by atoms with Crippen LogP contribution in [0.15, 0.2) is 30.3 Å². The monoisotopic (exact) mass is 490 g/mol. The molecule has 0 aliphatic carbocycles. The summed E-state index contributed by atoms with van der Waals surface area (Å²) in [7, 11) is 1.56. The van der Waals surface area contributed by atoms with E-state index in [0.29, 0.717) is 43.0 Å². The molecule has 2 aliphatic heterocycles. The Kier molecular flexibility index (Phi) is 6.34. The minimum Gasteiger partial charge on any atom is -0.370 e. The molecule has 4 rings (SSSR count). The molecule has 2 amide bonds. The van der Waals surface area contributed by atoms with E-state index in [-0.39, 0.29) is 18.4 Å². The smallest absolute Gasteiger partial charge is 0.370 e. The van der Waals surface area contributed by atoms with E-state index < -0.39 is 28.6 Å². The highest BCUT2D eigenvalue weighted by molar-refractivity contribution is 7.13. The van der Waals surface area contributed by atoms with Gasteiger partial charge in [-0.15, -0.1) is 11.3 Å². The largest absolute Gasteiger partial charge is 0.417 e. The molecule has 2 fully saturated rings. The number of likely N-dealkylation sites (tertiary alicyclic amines) is 1. The molecule has 1 unspecified atom stereocenters. The van der Waals surface area contributed by atoms with E-state index in [1.165, 1.54) is 23.5 Å². The molecule has 1 N–H and O–H groups in total. The second-order valence-electron chi connectivity index (χ2n) is 8.95. The van der Waals surface area contributed by atoms with Crippen molar-refractivity contribution in [3.05, 3.63) is 51.2 Å². The van der Waals surface area contributed by atoms with Crippen LogP contribution in [0.3, 0.4) is 0 Å². The number of carbonyl (C=O) groups is 2. The van der Waals surface area contributed by atoms with Crippen LogP contribution >= 0.6 is 11.3 Å². The quantitative estimate of drug-likeness (QED) is 0.704. The van der Waals surface area contributed by atoms with Gasteiger partial charge in [0.15, 0.2) is 0 Å². The summed E-state index contributed by atoms with van der Waals surface area (Å²) in [6.07, 6.45) is -3.48. The minimum atomic E-state index is -4.65. The van der Waals surface area contributed by atoms with Gasteiger partial charge in [-0.2, -0.15) is 18.4 Å². The van der Waals surface area contributed by atoms with Crippen LogP contribution in [0.4, 0.5) is 18.9 Å². The van der Waals surface area contributed by atoms with Crippen LogP contribution in [0, 0.1) is 29.6 Å². The summed E-state index contributed by atoms with van der Waals surface area (Å²) in [5.41, 5.74) is -1.51. The van der Waals surface area contributed by atoms with E-state index >= 15 is 0 Å². The summed E-state index contributed by atoms with van der Waals surface area (Å²) < 4.78 is 40.5. The molecule has 1 atom stereocenters. The normalized spacial score (nSPS) is 19.8. The predicted octanol–water partition coefficient (Wildman–Crippen LogP) is 4.05. The summed E-state index contributed by atoms with van der Waals surface area (Å²) in [4.78, 5) is 31.0. The molecular formula is C24H25F3N4O2S. The number of aryl methyl sites for hydroxylation is 1. The number of hydrogen-bond donors (Lipinski definition) is 1. The van der Waals surface area contributed by atoms with Crippen molar-refractivity contribution in [1.82, 2.24) is 10.2 Å². The zero-order valence-electron chi connectivity index (χ0n) is 18.9. The van der Waals surface area contributed by atoms with Crippen LogP contribution in [-0.2, 0) is 11.0 Å². The summed E-state index contributed by atoms with van der Waals surface area (Å²) in [5, 5.41) is 11.8. The highest BCUT2D eigenvalue weighted by Crippen LogP contribution is 2.47. The topological polar surface area (TPSA) is 76.4 Å². The third-order valence-electron chi connectivity index (χ3n) is 7.00. The van der Waals surface area contributed by atoms with Crippen molar-refractivity contribution in [2.24, 2.45) is 11.3 Å². The van der Waals surface area contributed by atoms with E-state index in [1.807, 2.05) is 19.1 Å². The van der Waals surface area contributed by atoms with E-state index in [9.17, 15) is 22.8 Å². The molecular weight excluding hydrogens is 465 g/mol. The number of nitriles is 1. The second-order valence-corrected chi connectivity index (χ2v) is 10.2. The van der Waals surface area contributed by atoms with Crippen molar-refractivity contribution in [3.63, 3.8) is 0 Å². The van der Waals surface area contributed by atoms with Gasteiger partial charge in [0.05, 0.1) is 28.0 Å². The van der Waals surface area contributed by atoms with Crippen LogP contribution < -0.4 is 10.2 Å². The Bertz CT molecular complexity index is 1150. The van der Waals surface area contributed by atoms with E-state index in [4.69, 9.17) is 5.26 Å². The maximum absolute atomic E-state index is 13.5. The lowest BCUT2D eigenvalue weighted by Gasteiger charge is -2.41. The molecule has 3 heterocycles. The van der Waals surface area contributed by atoms with Crippen LogP contribution in [0.1, 0.15) is 38.5 Å². The maximum atomic E-state index is 13.5. The number of alkyl halides is 3. The Morgan fingerprint density at radius 2 is 1.91 bits per heavy atom. The third-order valence-corrected chi connectivity index (χ3v) is 7.99. The average molecular weight is 491 g/mol. The number of piperidine rings is 1. The molecule has 0 radical (unpaired) electrons. The molecule has 0 bridgehead atoms. The minimum absolute atomic E-state index is 0.0267. The van der Waals surface area contributed by atoms with Crippen molar-refractivity contribution in [2.75, 3.05) is 38.1 Å². The Hall–Kier alpha value is -3.06. The molecule has 2 aromatic rings. The molecule has 10 heteroatoms. The fraction of sp³-hybridized carbons (Fsp3) is 0.458. The van der Waals surface area contributed by atoms with Gasteiger partial charge in [-0.25, -0.2) is 0 Å². The van der Waals surface area contributed by atoms with Gasteiger partial charge in [0, 0.05) is 49.2 Å². The van der Waals surface area contributed by atoms with Crippen LogP contribution in [0.25, 0.3) is 0 Å². The number of anilines is 1. The predicted molar refractivity (Wildman–Crippen MR) is 123 cm³/mol. The summed E-state index contributed by atoms with van der Waals surface area (Å²) in [6.45, 7) is 3.60. The lowest BCUT2D eigenvalue weighted by atomic mass is 9.70. The van der Waals surface area contributed by atoms with Crippen molar-refractivity contribution < 1.29 is 22.8 Å². The van der Waals surface area contributed by atoms with Crippen molar-refractivity contribution in [3.8, 4) is 6.07 Å². The molecule has 0 saturated carbocycles. The van der Waals surface area contributed by atoms with Gasteiger partial charge in [-0.1, -0.05) is 0 Å². The van der Waals surface area contributed by atoms with Crippen LogP contribution in [0.5, 0.6) is 0 Å². The Labute approximate surface area is 200 Å². The van der Waals surface area contributed by atoms with Crippen molar-refractivity contribution in [2.45, 2.75) is 25.9 Å². The standard InChI is InChI=1S/C24H25F3N4O2S/c1-15-3-6-20(34-15)22(33)30-9-7-23(8-10-30)14-31(13-19(23)21(32)29-2)17-5-4-16(12-28)18(11-17)24(25,26)27/h3-6,11,19H,7-10,13-14H2,1-2H3,(H,29,32). The number of thiophene rings is 1. The summed E-state index contributed by atoms with van der Waals surface area (Å²) >= 11 is 1.45. The lowest BCUT2D eigenvalue weighted by molar-refractivity contribution is -0.137. The first-order valence-corrected chi connectivity index (χ1v) is 11.8. The lowest BCUT2D eigenvalue weighted by Crippen LogP contribution is -2.49. The van der Waals surface area contributed by atoms with Gasteiger partial charge in [0.25, 0.3) is 5.91 Å². The van der Waals surface area contributed by atoms with Crippen molar-refractivity contribution in [1.29, 1.82) is 5.26 Å². The molecule has 180 valence electrons. The zero-order chi connectivity index (χ0) is 24.7. The molecule has 6 nitrogen and oxygen atoms in total. The zero-order valence-corrected chi connectivity index (χ0v) is 19.7. The van der Waals surface area contributed by atoms with E-state index in [0.717, 1.165) is 10.9 Å². The van der Waals surface area contributed by atoms with E-state index in [2.05, 4.69) is 5.32 Å². The SMILES string of the molecule is CNC(=O)C1CN(c2ccc(C#N)c(C(F)(F)F)c2)CC12CCN(C(=O)c1ccc(C)s1)CC2. The number of nitrogens with one attached hydrogen (secondary N) is 1. The molecule has 2 aliphatic rings. The number of rotatable bonds is 3. The average Bonchev–Trinajstić information content (AvgIpc) is 3.41. The van der Waals surface area contributed by atoms with E-state index in [1.54, 1.807) is 22.9 Å². The highest BCUT2D eigenvalue weighted by Gasteiger charge is 2.51. The first kappa shape index (κ1) is 24.1. The second kappa shape index (κ2) is 8.95. The van der Waals surface area contributed by atoms with Gasteiger partial charge in [0.1, 0.15) is 0 Å². The van der Waals surface area contributed by atoms with Crippen LogP contribution in [-0.4, -0.2) is 49.9 Å². The number of nitrogens with zero attached hydrogens (tertiary/aromatic N) is 3. The first-order chi connectivity index (χ1) is 16.1. The summed E-state index contributed by atoms with van der Waals surface area (Å²) in [5.74, 6) is -0.592. The third kappa shape index (κ3) is 4.37. The molecule has 1 spiro atoms. The van der Waals surface area contributed by atoms with Crippen molar-refractivity contribution >= 4 is 28.8 Å². The molecule has 1 aromatic carbocycles. The number of hydrogen-bond acceptors (Lipinski definition) is 5. The van der Waals surface area contributed by atoms with Gasteiger partial charge in [0.2, 0.25) is 5.91 Å². The molecule has 1 aromatic heterocycles. The number of carbonyl (C=O) groups excluding carboxylic acids is 2. The number of benzene rings is 1. The molecule has 34 heavy (non-hydrogen) atoms. The fourth-order valence-corrected chi connectivity index (χ4v) is 5.96. The van der Waals surface area contributed by atoms with Gasteiger partial charge >= 0.3 is 6.18 Å². The van der Waals surface area contributed by atoms with Gasteiger partial charge < -0.3 is 15.1 Å². The van der Waals surface area contributed by atoms with Crippen LogP contribution in [0.2, 0.25) is 0 Å². The Morgan fingerprint density at radius 3 is 2.47 bits per heavy atom. The van der Waals surface area contributed by atoms with Gasteiger partial charge in [-0.3, -0.25) is 9.59 Å². The Balaban J connectivity index is 1.57. The highest BCUT2D eigenvalue weighted by atomic mass is 32.1. The first-order valence-electron chi connectivity index (χ1n) is 11.0. The Morgan fingerprint density at radius 1 is 1.21 bits per heavy atom. The number of halogens is 3. The van der Waals surface area contributed by atoms with Gasteiger partial charge in [-0.05, 0) is 50.1 Å².